The van der Waals surface area contributed by atoms with Gasteiger partial charge in [0.15, 0.2) is 0 Å². The van der Waals surface area contributed by atoms with Crippen LogP contribution in [0, 0.1) is 5.82 Å². The molecule has 0 saturated carbocycles. The van der Waals surface area contributed by atoms with E-state index in [1.165, 1.54) is 16.4 Å². The van der Waals surface area contributed by atoms with E-state index in [0.29, 0.717) is 24.3 Å². The molecule has 10 heteroatoms. The number of halogens is 3. The van der Waals surface area contributed by atoms with Crippen LogP contribution in [0.15, 0.2) is 41.6 Å². The first-order valence-corrected chi connectivity index (χ1v) is 9.09. The third kappa shape index (κ3) is 4.02. The van der Waals surface area contributed by atoms with Gasteiger partial charge in [-0.2, -0.15) is 18.2 Å². The van der Waals surface area contributed by atoms with Gasteiger partial charge in [-0.25, -0.2) is 17.5 Å². The molecular weight excluding hydrogens is 357 g/mol. The van der Waals surface area contributed by atoms with Gasteiger partial charge in [0.1, 0.15) is 10.7 Å². The molecule has 0 spiro atoms. The maximum absolute atomic E-state index is 12.9. The van der Waals surface area contributed by atoms with Crippen molar-refractivity contribution in [2.75, 3.05) is 26.2 Å². The van der Waals surface area contributed by atoms with E-state index in [1.807, 2.05) is 0 Å². The van der Waals surface area contributed by atoms with E-state index in [9.17, 15) is 21.6 Å². The fraction of sp³-hybridized carbons (Fsp3) is 0.400. The van der Waals surface area contributed by atoms with Gasteiger partial charge in [-0.15, -0.1) is 0 Å². The molecule has 1 saturated heterocycles. The predicted molar refractivity (Wildman–Crippen MR) is 83.9 cm³/mol. The van der Waals surface area contributed by atoms with Crippen LogP contribution in [0.3, 0.4) is 0 Å². The number of aromatic nitrogens is 2. The summed E-state index contributed by atoms with van der Waals surface area (Å²) in [6.07, 6.45) is 1.78. The first-order valence-electron chi connectivity index (χ1n) is 7.65. The molecule has 2 heterocycles. The second-order valence-corrected chi connectivity index (χ2v) is 7.68. The van der Waals surface area contributed by atoms with E-state index < -0.39 is 16.6 Å². The largest absolute Gasteiger partial charge is 0.333 e. The van der Waals surface area contributed by atoms with E-state index in [-0.39, 0.29) is 23.8 Å². The lowest BCUT2D eigenvalue weighted by atomic mass is 10.2. The SMILES string of the molecule is O=S(=O)(c1cnn(C(F)F)c1)N1CCN(Cc2ccc(F)cc2)CC1. The average molecular weight is 374 g/mol. The highest BCUT2D eigenvalue weighted by Crippen LogP contribution is 2.20. The van der Waals surface area contributed by atoms with Crippen LogP contribution in [0.5, 0.6) is 0 Å². The number of piperazine rings is 1. The molecule has 25 heavy (non-hydrogen) atoms. The molecule has 1 aliphatic rings. The van der Waals surface area contributed by atoms with E-state index in [0.717, 1.165) is 18.0 Å². The first-order chi connectivity index (χ1) is 11.9. The number of alkyl halides is 2. The molecule has 1 aromatic carbocycles. The molecule has 1 fully saturated rings. The van der Waals surface area contributed by atoms with Crippen molar-refractivity contribution in [1.29, 1.82) is 0 Å². The molecule has 0 N–H and O–H groups in total. The van der Waals surface area contributed by atoms with Crippen molar-refractivity contribution >= 4 is 10.0 Å². The Labute approximate surface area is 143 Å². The third-order valence-corrected chi connectivity index (χ3v) is 5.92. The number of sulfonamides is 1. The second-order valence-electron chi connectivity index (χ2n) is 5.74. The number of hydrogen-bond acceptors (Lipinski definition) is 4. The first kappa shape index (κ1) is 17.9. The quantitative estimate of drug-likeness (QED) is 0.803. The zero-order valence-electron chi connectivity index (χ0n) is 13.2. The van der Waals surface area contributed by atoms with Crippen molar-refractivity contribution < 1.29 is 21.6 Å². The predicted octanol–water partition coefficient (Wildman–Crippen LogP) is 1.92. The van der Waals surface area contributed by atoms with Gasteiger partial charge in [0.2, 0.25) is 10.0 Å². The molecule has 1 aromatic heterocycles. The van der Waals surface area contributed by atoms with Gasteiger partial charge in [-0.05, 0) is 17.7 Å². The summed E-state index contributed by atoms with van der Waals surface area (Å²) >= 11 is 0. The molecule has 0 bridgehead atoms. The summed E-state index contributed by atoms with van der Waals surface area (Å²) in [6, 6.07) is 6.15. The summed E-state index contributed by atoms with van der Waals surface area (Å²) in [5, 5.41) is 3.37. The van der Waals surface area contributed by atoms with E-state index in [2.05, 4.69) is 10.00 Å². The Balaban J connectivity index is 1.61. The maximum Gasteiger partial charge on any atom is 0.333 e. The highest BCUT2D eigenvalue weighted by Gasteiger charge is 2.30. The highest BCUT2D eigenvalue weighted by atomic mass is 32.2. The lowest BCUT2D eigenvalue weighted by molar-refractivity contribution is 0.0563. The Bertz CT molecular complexity index is 816. The van der Waals surface area contributed by atoms with Crippen LogP contribution in [-0.2, 0) is 16.6 Å². The van der Waals surface area contributed by atoms with Gasteiger partial charge in [0.05, 0.1) is 12.4 Å². The summed E-state index contributed by atoms with van der Waals surface area (Å²) in [7, 11) is -3.84. The molecule has 136 valence electrons. The van der Waals surface area contributed by atoms with Gasteiger partial charge in [0.25, 0.3) is 0 Å². The summed E-state index contributed by atoms with van der Waals surface area (Å²) in [5.74, 6) is -0.302. The smallest absolute Gasteiger partial charge is 0.296 e. The van der Waals surface area contributed by atoms with Crippen LogP contribution in [0.4, 0.5) is 13.2 Å². The highest BCUT2D eigenvalue weighted by molar-refractivity contribution is 7.89. The lowest BCUT2D eigenvalue weighted by Gasteiger charge is -2.33. The van der Waals surface area contributed by atoms with Crippen molar-refractivity contribution in [3.63, 3.8) is 0 Å². The number of rotatable bonds is 5. The second kappa shape index (κ2) is 7.14. The minimum absolute atomic E-state index is 0.236. The number of benzene rings is 1. The van der Waals surface area contributed by atoms with Crippen molar-refractivity contribution in [3.8, 4) is 0 Å². The van der Waals surface area contributed by atoms with Gasteiger partial charge in [-0.3, -0.25) is 4.90 Å². The van der Waals surface area contributed by atoms with E-state index in [4.69, 9.17) is 0 Å². The lowest BCUT2D eigenvalue weighted by Crippen LogP contribution is -2.48. The fourth-order valence-electron chi connectivity index (χ4n) is 2.69. The van der Waals surface area contributed by atoms with Gasteiger partial charge >= 0.3 is 6.55 Å². The van der Waals surface area contributed by atoms with E-state index >= 15 is 0 Å². The zero-order valence-corrected chi connectivity index (χ0v) is 14.0. The molecule has 0 unspecified atom stereocenters. The molecule has 0 radical (unpaired) electrons. The van der Waals surface area contributed by atoms with Crippen LogP contribution in [0.2, 0.25) is 0 Å². The van der Waals surface area contributed by atoms with Gasteiger partial charge < -0.3 is 0 Å². The summed E-state index contributed by atoms with van der Waals surface area (Å²) in [4.78, 5) is 1.82. The molecule has 3 rings (SSSR count). The fourth-order valence-corrected chi connectivity index (χ4v) is 4.05. The Kier molecular flexibility index (Phi) is 5.11. The molecular formula is C15H17F3N4O2S. The van der Waals surface area contributed by atoms with Crippen molar-refractivity contribution in [2.45, 2.75) is 18.0 Å². The summed E-state index contributed by atoms with van der Waals surface area (Å²) < 4.78 is 64.6. The Morgan fingerprint density at radius 2 is 1.72 bits per heavy atom. The molecule has 2 aromatic rings. The maximum atomic E-state index is 12.9. The zero-order chi connectivity index (χ0) is 18.0. The Morgan fingerprint density at radius 3 is 2.28 bits per heavy atom. The molecule has 0 aliphatic carbocycles. The average Bonchev–Trinajstić information content (AvgIpc) is 3.09. The summed E-state index contributed by atoms with van der Waals surface area (Å²) in [6.45, 7) is -0.778. The topological polar surface area (TPSA) is 58.4 Å². The van der Waals surface area contributed by atoms with Gasteiger partial charge in [-0.1, -0.05) is 12.1 Å². The van der Waals surface area contributed by atoms with Crippen LogP contribution < -0.4 is 0 Å². The minimum atomic E-state index is -3.84. The molecule has 0 amide bonds. The van der Waals surface area contributed by atoms with Crippen LogP contribution >= 0.6 is 0 Å². The standard InChI is InChI=1S/C15H17F3N4O2S/c16-13-3-1-12(2-4-13)10-20-5-7-21(8-6-20)25(23,24)14-9-19-22(11-14)15(17)18/h1-4,9,11,15H,5-8,10H2. The summed E-state index contributed by atoms with van der Waals surface area (Å²) in [5.41, 5.74) is 0.941. The van der Waals surface area contributed by atoms with Crippen molar-refractivity contribution in [3.05, 3.63) is 48.0 Å². The number of hydrogen-bond donors (Lipinski definition) is 0. The van der Waals surface area contributed by atoms with Crippen LogP contribution in [0.25, 0.3) is 0 Å². The molecule has 1 aliphatic heterocycles. The Hall–Kier alpha value is -1.91. The van der Waals surface area contributed by atoms with Gasteiger partial charge in [0, 0.05) is 32.7 Å². The van der Waals surface area contributed by atoms with Crippen molar-refractivity contribution in [2.24, 2.45) is 0 Å². The monoisotopic (exact) mass is 374 g/mol. The molecule has 6 nitrogen and oxygen atoms in total. The van der Waals surface area contributed by atoms with Crippen molar-refractivity contribution in [1.82, 2.24) is 19.0 Å². The normalized spacial score (nSPS) is 17.3. The molecule has 0 atom stereocenters. The van der Waals surface area contributed by atoms with Crippen LogP contribution in [0.1, 0.15) is 12.1 Å². The number of nitrogens with zero attached hydrogens (tertiary/aromatic N) is 4. The minimum Gasteiger partial charge on any atom is -0.296 e. The van der Waals surface area contributed by atoms with Crippen LogP contribution in [-0.4, -0.2) is 53.6 Å². The van der Waals surface area contributed by atoms with E-state index in [1.54, 1.807) is 12.1 Å². The third-order valence-electron chi connectivity index (χ3n) is 4.07. The Morgan fingerprint density at radius 1 is 1.08 bits per heavy atom.